The van der Waals surface area contributed by atoms with Crippen LogP contribution in [0.15, 0.2) is 66.3 Å². The zero-order valence-electron chi connectivity index (χ0n) is 43.9. The third kappa shape index (κ3) is 9.08. The van der Waals surface area contributed by atoms with Gasteiger partial charge in [-0.15, -0.1) is 0 Å². The van der Waals surface area contributed by atoms with Gasteiger partial charge in [0.25, 0.3) is 0 Å². The van der Waals surface area contributed by atoms with Crippen LogP contribution in [0.2, 0.25) is 0 Å². The number of aliphatic hydroxyl groups excluding tert-OH is 5. The summed E-state index contributed by atoms with van der Waals surface area (Å²) in [5, 5.41) is 81.8. The first kappa shape index (κ1) is 53.3. The molecule has 74 heavy (non-hydrogen) atoms. The van der Waals surface area contributed by atoms with Crippen LogP contribution in [-0.2, 0) is 36.6 Å². The minimum absolute atomic E-state index is 0.00815. The number of rotatable bonds is 17. The van der Waals surface area contributed by atoms with Gasteiger partial charge in [-0.3, -0.25) is 4.79 Å². The third-order valence-electron chi connectivity index (χ3n) is 20.3. The van der Waals surface area contributed by atoms with E-state index in [1.165, 1.54) is 19.3 Å². The molecule has 404 valence electrons. The number of fused-ring (bicyclic) bond motifs is 6. The first-order chi connectivity index (χ1) is 35.5. The number of hydrogen-bond donors (Lipinski definition) is 8. The van der Waals surface area contributed by atoms with Gasteiger partial charge in [0.15, 0.2) is 23.7 Å². The topological polar surface area (TPSA) is 225 Å². The molecule has 2 aliphatic heterocycles. The molecule has 6 fully saturated rings. The molecule has 10 aliphatic rings. The van der Waals surface area contributed by atoms with Crippen LogP contribution in [0.5, 0.6) is 11.5 Å². The fourth-order valence-electron chi connectivity index (χ4n) is 17.0. The van der Waals surface area contributed by atoms with Crippen LogP contribution in [-0.4, -0.2) is 123 Å². The van der Waals surface area contributed by atoms with E-state index in [1.54, 1.807) is 31.2 Å². The van der Waals surface area contributed by atoms with Crippen molar-refractivity contribution in [2.75, 3.05) is 26.9 Å². The van der Waals surface area contributed by atoms with Crippen LogP contribution < -0.4 is 10.1 Å². The molecule has 8 N–H and O–H groups in total. The van der Waals surface area contributed by atoms with E-state index in [2.05, 4.69) is 38.2 Å². The van der Waals surface area contributed by atoms with Crippen LogP contribution in [0.4, 0.5) is 0 Å². The minimum atomic E-state index is -2.36. The Labute approximate surface area is 436 Å². The number of esters is 2. The van der Waals surface area contributed by atoms with Crippen LogP contribution in [0.3, 0.4) is 0 Å². The molecular formula is C60H81NO13. The number of phenols is 1. The fourth-order valence-corrected chi connectivity index (χ4v) is 17.0. The first-order valence-electron chi connectivity index (χ1n) is 27.8. The molecule has 5 saturated carbocycles. The summed E-state index contributed by atoms with van der Waals surface area (Å²) < 4.78 is 24.4. The van der Waals surface area contributed by atoms with Gasteiger partial charge in [-0.05, 0) is 194 Å². The molecule has 2 aromatic rings. The van der Waals surface area contributed by atoms with Gasteiger partial charge in [-0.25, -0.2) is 4.79 Å². The molecule has 0 amide bonds. The highest BCUT2D eigenvalue weighted by molar-refractivity contribution is 5.94. The van der Waals surface area contributed by atoms with Gasteiger partial charge < -0.3 is 60.0 Å². The van der Waals surface area contributed by atoms with Crippen molar-refractivity contribution in [1.29, 1.82) is 0 Å². The second kappa shape index (κ2) is 21.0. The highest BCUT2D eigenvalue weighted by atomic mass is 16.7. The van der Waals surface area contributed by atoms with Crippen molar-refractivity contribution in [2.45, 2.75) is 159 Å². The van der Waals surface area contributed by atoms with E-state index in [4.69, 9.17) is 18.9 Å². The van der Waals surface area contributed by atoms with Gasteiger partial charge in [0, 0.05) is 31.8 Å². The fraction of sp³-hybridized carbons (Fsp3) is 0.667. The molecule has 1 saturated heterocycles. The second-order valence-electron chi connectivity index (χ2n) is 24.1. The number of methoxy groups -OCH3 is 1. The molecule has 0 aromatic heterocycles. The summed E-state index contributed by atoms with van der Waals surface area (Å²) in [4.78, 5) is 29.9. The molecule has 14 heteroatoms. The molecule has 2 heterocycles. The Morgan fingerprint density at radius 2 is 1.74 bits per heavy atom. The van der Waals surface area contributed by atoms with Gasteiger partial charge in [0.05, 0.1) is 25.4 Å². The van der Waals surface area contributed by atoms with E-state index in [0.717, 1.165) is 55.2 Å². The van der Waals surface area contributed by atoms with Crippen LogP contribution in [0.25, 0.3) is 6.08 Å². The molecule has 2 aromatic carbocycles. The van der Waals surface area contributed by atoms with Gasteiger partial charge in [0.2, 0.25) is 5.79 Å². The zero-order chi connectivity index (χ0) is 52.4. The van der Waals surface area contributed by atoms with Crippen molar-refractivity contribution in [1.82, 2.24) is 5.32 Å². The number of nitrogens with one attached hydrogen (secondary N) is 1. The highest BCUT2D eigenvalue weighted by Gasteiger charge is 2.73. The average Bonchev–Trinajstić information content (AvgIpc) is 3.46. The van der Waals surface area contributed by atoms with Crippen molar-refractivity contribution in [3.63, 3.8) is 0 Å². The SMILES string of the molecule is COc1cc(C=C(CC2c3cc(CCO)ccc3CCC2CO)C(=O)OC2C(OC(=O)CCC3C4C=CC56CCC(C(C)C)C7CCC35C(CCC6C4C)C7O)C(O)C3OC2(O)C=CC3NCC(C)O)ccc1O. The maximum Gasteiger partial charge on any atom is 0.334 e. The Balaban J connectivity index is 0.969. The minimum Gasteiger partial charge on any atom is -0.504 e. The summed E-state index contributed by atoms with van der Waals surface area (Å²) in [7, 11) is 1.42. The monoisotopic (exact) mass is 1020 g/mol. The molecular weight excluding hydrogens is 943 g/mol. The largest absolute Gasteiger partial charge is 0.504 e. The number of carbonyl (C=O) groups excluding carboxylic acids is 2. The Kier molecular flexibility index (Phi) is 15.1. The quantitative estimate of drug-likeness (QED) is 0.0495. The van der Waals surface area contributed by atoms with E-state index < -0.39 is 60.4 Å². The van der Waals surface area contributed by atoms with Gasteiger partial charge >= 0.3 is 11.9 Å². The van der Waals surface area contributed by atoms with E-state index in [0.29, 0.717) is 54.9 Å². The van der Waals surface area contributed by atoms with Gasteiger partial charge in [-0.1, -0.05) is 63.3 Å². The lowest BCUT2D eigenvalue weighted by molar-refractivity contribution is -0.333. The molecule has 19 atom stereocenters. The summed E-state index contributed by atoms with van der Waals surface area (Å²) in [6.07, 6.45) is 10.9. The first-order valence-corrected chi connectivity index (χ1v) is 27.8. The molecule has 8 bridgehead atoms. The number of aryl methyl sites for hydroxylation is 1. The number of benzene rings is 2. The normalized spacial score (nSPS) is 40.0. The number of carbonyl (C=O) groups is 2. The van der Waals surface area contributed by atoms with E-state index in [9.17, 15) is 40.5 Å². The highest BCUT2D eigenvalue weighted by Crippen LogP contribution is 2.78. The van der Waals surface area contributed by atoms with Crippen molar-refractivity contribution < 1.29 is 64.3 Å². The molecule has 2 spiro atoms. The Bertz CT molecular complexity index is 2490. The number of hydrogen-bond acceptors (Lipinski definition) is 14. The lowest BCUT2D eigenvalue weighted by Gasteiger charge is -2.76. The molecule has 14 nitrogen and oxygen atoms in total. The second-order valence-corrected chi connectivity index (χ2v) is 24.1. The zero-order valence-corrected chi connectivity index (χ0v) is 43.9. The van der Waals surface area contributed by atoms with Crippen molar-refractivity contribution in [3.05, 3.63) is 88.5 Å². The maximum atomic E-state index is 15.2. The summed E-state index contributed by atoms with van der Waals surface area (Å²) in [6.45, 7) is 8.55. The summed E-state index contributed by atoms with van der Waals surface area (Å²) in [5.74, 6) is -1.79. The van der Waals surface area contributed by atoms with E-state index in [-0.39, 0.29) is 96.0 Å². The Morgan fingerprint density at radius 1 is 0.946 bits per heavy atom. The van der Waals surface area contributed by atoms with Gasteiger partial charge in [0.1, 0.15) is 12.2 Å². The molecule has 12 rings (SSSR count). The average molecular weight is 1020 g/mol. The number of allylic oxidation sites excluding steroid dienone is 2. The van der Waals surface area contributed by atoms with E-state index in [1.807, 2.05) is 18.2 Å². The van der Waals surface area contributed by atoms with E-state index >= 15 is 4.79 Å². The number of aromatic hydroxyl groups is 1. The smallest absolute Gasteiger partial charge is 0.334 e. The lowest BCUT2D eigenvalue weighted by Crippen LogP contribution is -2.71. The number of phenolic OH excluding ortho intramolecular Hbond substituents is 1. The summed E-state index contributed by atoms with van der Waals surface area (Å²) >= 11 is 0. The van der Waals surface area contributed by atoms with Crippen molar-refractivity contribution in [3.8, 4) is 11.5 Å². The Hall–Kier alpha value is -4.12. The van der Waals surface area contributed by atoms with Crippen LogP contribution in [0.1, 0.15) is 120 Å². The van der Waals surface area contributed by atoms with Crippen molar-refractivity contribution in [2.24, 2.45) is 64.1 Å². The summed E-state index contributed by atoms with van der Waals surface area (Å²) in [5.41, 5.74) is 3.32. The standard InChI is InChI=1S/C60H81NO13/c1-32(2)40-16-21-58-22-17-41-34(4)45(58)11-12-47-52(67)42(40)18-23-59(47,58)46(41)13-15-51(66)72-55-53(68)54-48(61-30-33(3)64)19-24-60(70,74-54)56(55)73-57(69)39(26-36-7-14-49(65)50(28-36)71-5)29-44-38(31-63)10-9-37-8-6-35(20-25-62)27-43(37)44/h6-8,14,17,19,22,24,26-28,32-34,38,40-42,44-48,52-56,61-65,67-68,70H,9-13,15-16,18,20-21,23,25,29-31H2,1-5H3. The summed E-state index contributed by atoms with van der Waals surface area (Å²) in [6, 6.07) is 9.96. The molecule has 19 unspecified atom stereocenters. The van der Waals surface area contributed by atoms with Crippen LogP contribution in [0, 0.1) is 64.1 Å². The molecule has 0 radical (unpaired) electrons. The predicted octanol–water partition coefficient (Wildman–Crippen LogP) is 6.30. The number of aliphatic hydroxyl groups is 6. The third-order valence-corrected chi connectivity index (χ3v) is 20.3. The maximum absolute atomic E-state index is 15.2. The van der Waals surface area contributed by atoms with Gasteiger partial charge in [-0.2, -0.15) is 0 Å². The van der Waals surface area contributed by atoms with Crippen LogP contribution >= 0.6 is 0 Å². The van der Waals surface area contributed by atoms with Crippen molar-refractivity contribution >= 4 is 18.0 Å². The number of ether oxygens (including phenoxy) is 4. The Morgan fingerprint density at radius 3 is 2.49 bits per heavy atom. The lowest BCUT2D eigenvalue weighted by atomic mass is 9.28. The predicted molar refractivity (Wildman–Crippen MR) is 276 cm³/mol. The molecule has 8 aliphatic carbocycles.